The van der Waals surface area contributed by atoms with Crippen LogP contribution in [0.2, 0.25) is 0 Å². The Morgan fingerprint density at radius 2 is 1.64 bits per heavy atom. The lowest BCUT2D eigenvalue weighted by Gasteiger charge is -2.34. The highest BCUT2D eigenvalue weighted by Gasteiger charge is 2.32. The molecule has 0 N–H and O–H groups in total. The second-order valence-corrected chi connectivity index (χ2v) is 8.91. The van der Waals surface area contributed by atoms with Crippen LogP contribution in [0, 0.1) is 12.3 Å². The van der Waals surface area contributed by atoms with Gasteiger partial charge in [0.25, 0.3) is 0 Å². The van der Waals surface area contributed by atoms with Crippen LogP contribution in [-0.4, -0.2) is 38.6 Å². The fraction of sp³-hybridized carbons (Fsp3) is 0.583. The maximum Gasteiger partial charge on any atom is 0.122 e. The first kappa shape index (κ1) is 19.5. The van der Waals surface area contributed by atoms with Crippen molar-refractivity contribution in [1.29, 1.82) is 0 Å². The molecular formula is C24H32O4. The van der Waals surface area contributed by atoms with Gasteiger partial charge in [0.2, 0.25) is 0 Å². The van der Waals surface area contributed by atoms with Crippen molar-refractivity contribution in [2.75, 3.05) is 26.4 Å². The van der Waals surface area contributed by atoms with Gasteiger partial charge in [0.15, 0.2) is 0 Å². The van der Waals surface area contributed by atoms with E-state index < -0.39 is 0 Å². The highest BCUT2D eigenvalue weighted by Crippen LogP contribution is 2.44. The summed E-state index contributed by atoms with van der Waals surface area (Å²) in [5, 5.41) is 0. The molecule has 3 aliphatic rings. The third-order valence-corrected chi connectivity index (χ3v) is 5.73. The van der Waals surface area contributed by atoms with Crippen LogP contribution >= 0.6 is 0 Å². The molecule has 0 amide bonds. The monoisotopic (exact) mass is 384 g/mol. The van der Waals surface area contributed by atoms with Gasteiger partial charge >= 0.3 is 0 Å². The third kappa shape index (κ3) is 4.79. The number of epoxide rings is 2. The summed E-state index contributed by atoms with van der Waals surface area (Å²) in [6.07, 6.45) is 6.04. The summed E-state index contributed by atoms with van der Waals surface area (Å²) in [5.74, 6) is 2.09. The molecule has 1 aromatic carbocycles. The van der Waals surface area contributed by atoms with Gasteiger partial charge in [0.1, 0.15) is 11.5 Å². The van der Waals surface area contributed by atoms with Crippen LogP contribution < -0.4 is 4.74 Å². The minimum atomic E-state index is -0.00802. The van der Waals surface area contributed by atoms with E-state index in [0.717, 1.165) is 57.2 Å². The van der Waals surface area contributed by atoms with Crippen molar-refractivity contribution in [1.82, 2.24) is 0 Å². The molecular weight excluding hydrogens is 352 g/mol. The molecule has 0 aromatic heterocycles. The van der Waals surface area contributed by atoms with Crippen molar-refractivity contribution in [3.05, 3.63) is 46.7 Å². The topological polar surface area (TPSA) is 43.5 Å². The van der Waals surface area contributed by atoms with E-state index in [0.29, 0.717) is 12.2 Å². The summed E-state index contributed by atoms with van der Waals surface area (Å²) in [6, 6.07) is 6.53. The number of benzene rings is 1. The van der Waals surface area contributed by atoms with E-state index in [4.69, 9.17) is 18.9 Å². The van der Waals surface area contributed by atoms with Crippen LogP contribution in [0.4, 0.5) is 0 Å². The minimum absolute atomic E-state index is 0.00802. The molecule has 2 atom stereocenters. The van der Waals surface area contributed by atoms with E-state index in [9.17, 15) is 0 Å². The summed E-state index contributed by atoms with van der Waals surface area (Å²) < 4.78 is 22.7. The molecule has 28 heavy (non-hydrogen) atoms. The number of hydrogen-bond acceptors (Lipinski definition) is 4. The molecule has 152 valence electrons. The lowest BCUT2D eigenvalue weighted by molar-refractivity contribution is 0.133. The van der Waals surface area contributed by atoms with E-state index in [-0.39, 0.29) is 5.41 Å². The van der Waals surface area contributed by atoms with Crippen molar-refractivity contribution >= 4 is 5.57 Å². The minimum Gasteiger partial charge on any atom is -0.497 e. The van der Waals surface area contributed by atoms with E-state index in [1.54, 1.807) is 0 Å². The van der Waals surface area contributed by atoms with Crippen molar-refractivity contribution in [2.45, 2.75) is 59.2 Å². The molecule has 2 fully saturated rings. The Kier molecular flexibility index (Phi) is 5.52. The first-order valence-corrected chi connectivity index (χ1v) is 10.4. The quantitative estimate of drug-likeness (QED) is 0.559. The number of allylic oxidation sites excluding steroid dienone is 4. The summed E-state index contributed by atoms with van der Waals surface area (Å²) in [6.45, 7) is 12.1. The largest absolute Gasteiger partial charge is 0.497 e. The third-order valence-electron chi connectivity index (χ3n) is 5.73. The predicted molar refractivity (Wildman–Crippen MR) is 110 cm³/mol. The fourth-order valence-electron chi connectivity index (χ4n) is 4.04. The van der Waals surface area contributed by atoms with Crippen LogP contribution in [0.5, 0.6) is 5.75 Å². The zero-order valence-electron chi connectivity index (χ0n) is 17.5. The van der Waals surface area contributed by atoms with Crippen LogP contribution in [-0.2, 0) is 14.2 Å². The fourth-order valence-corrected chi connectivity index (χ4v) is 4.04. The highest BCUT2D eigenvalue weighted by molar-refractivity contribution is 5.72. The van der Waals surface area contributed by atoms with Gasteiger partial charge in [-0.3, -0.25) is 0 Å². The normalized spacial score (nSPS) is 25.4. The molecule has 0 radical (unpaired) electrons. The van der Waals surface area contributed by atoms with Crippen LogP contribution in [0.15, 0.2) is 35.6 Å². The lowest BCUT2D eigenvalue weighted by Crippen LogP contribution is -2.22. The highest BCUT2D eigenvalue weighted by atomic mass is 16.6. The van der Waals surface area contributed by atoms with E-state index in [2.05, 4.69) is 52.0 Å². The molecule has 2 saturated heterocycles. The first-order chi connectivity index (χ1) is 13.4. The standard InChI is InChI=1S/C24H32O4/c1-16-11-18(5-6-22(16)25-9-7-20-14-27-20)19-12-17(2)23(24(3,4)13-19)26-10-8-21-15-28-21/h5-6,11-12,20-21H,7-10,13-15H2,1-4H3. The van der Waals surface area contributed by atoms with Crippen LogP contribution in [0.1, 0.15) is 51.2 Å². The van der Waals surface area contributed by atoms with Gasteiger partial charge < -0.3 is 18.9 Å². The first-order valence-electron chi connectivity index (χ1n) is 10.4. The zero-order valence-corrected chi connectivity index (χ0v) is 17.5. The molecule has 0 spiro atoms. The Balaban J connectivity index is 1.44. The maximum absolute atomic E-state index is 6.18. The average molecular weight is 385 g/mol. The lowest BCUT2D eigenvalue weighted by atomic mass is 9.76. The second kappa shape index (κ2) is 7.92. The van der Waals surface area contributed by atoms with Gasteiger partial charge in [0.05, 0.1) is 38.6 Å². The Hall–Kier alpha value is -1.78. The Labute approximate surface area is 168 Å². The molecule has 2 unspecified atom stereocenters. The summed E-state index contributed by atoms with van der Waals surface area (Å²) in [5.41, 5.74) is 5.03. The molecule has 2 heterocycles. The molecule has 1 aliphatic carbocycles. The molecule has 4 nitrogen and oxygen atoms in total. The van der Waals surface area contributed by atoms with E-state index in [1.165, 1.54) is 22.3 Å². The molecule has 4 heteroatoms. The zero-order chi connectivity index (χ0) is 19.7. The van der Waals surface area contributed by atoms with Gasteiger partial charge in [-0.15, -0.1) is 0 Å². The van der Waals surface area contributed by atoms with Crippen molar-refractivity contribution < 1.29 is 18.9 Å². The van der Waals surface area contributed by atoms with Gasteiger partial charge in [-0.25, -0.2) is 0 Å². The summed E-state index contributed by atoms with van der Waals surface area (Å²) in [4.78, 5) is 0. The van der Waals surface area contributed by atoms with Crippen LogP contribution in [0.3, 0.4) is 0 Å². The predicted octanol–water partition coefficient (Wildman–Crippen LogP) is 5.06. The molecule has 0 saturated carbocycles. The van der Waals surface area contributed by atoms with Crippen molar-refractivity contribution in [2.24, 2.45) is 5.41 Å². The van der Waals surface area contributed by atoms with Gasteiger partial charge in [-0.2, -0.15) is 0 Å². The molecule has 2 aliphatic heterocycles. The number of rotatable bonds is 9. The Bertz CT molecular complexity index is 782. The maximum atomic E-state index is 6.18. The summed E-state index contributed by atoms with van der Waals surface area (Å²) >= 11 is 0. The van der Waals surface area contributed by atoms with Gasteiger partial charge in [-0.05, 0) is 54.7 Å². The Morgan fingerprint density at radius 3 is 2.21 bits per heavy atom. The van der Waals surface area contributed by atoms with Gasteiger partial charge in [0, 0.05) is 18.3 Å². The number of aryl methyl sites for hydroxylation is 1. The smallest absolute Gasteiger partial charge is 0.122 e. The molecule has 1 aromatic rings. The second-order valence-electron chi connectivity index (χ2n) is 8.91. The molecule has 4 rings (SSSR count). The van der Waals surface area contributed by atoms with Crippen molar-refractivity contribution in [3.63, 3.8) is 0 Å². The van der Waals surface area contributed by atoms with E-state index >= 15 is 0 Å². The molecule has 0 bridgehead atoms. The van der Waals surface area contributed by atoms with Crippen LogP contribution in [0.25, 0.3) is 5.57 Å². The van der Waals surface area contributed by atoms with Gasteiger partial charge in [-0.1, -0.05) is 26.0 Å². The van der Waals surface area contributed by atoms with Crippen molar-refractivity contribution in [3.8, 4) is 5.75 Å². The summed E-state index contributed by atoms with van der Waals surface area (Å²) in [7, 11) is 0. The Morgan fingerprint density at radius 1 is 1.00 bits per heavy atom. The SMILES string of the molecule is CC1=C(OCCC2CO2)C(C)(C)CC(c2ccc(OCCC3CO3)c(C)c2)=C1. The van der Waals surface area contributed by atoms with E-state index in [1.807, 2.05) is 0 Å². The number of hydrogen-bond donors (Lipinski definition) is 0. The average Bonchev–Trinajstić information content (AvgIpc) is 3.53. The number of ether oxygens (including phenoxy) is 4.